The Morgan fingerprint density at radius 3 is 2.47 bits per heavy atom. The number of nitrogens with one attached hydrogen (secondary N) is 3. The van der Waals surface area contributed by atoms with Crippen LogP contribution < -0.4 is 20.7 Å². The third-order valence-electron chi connectivity index (χ3n) is 5.04. The summed E-state index contributed by atoms with van der Waals surface area (Å²) in [5.41, 5.74) is 1.17. The van der Waals surface area contributed by atoms with Gasteiger partial charge in [0.1, 0.15) is 23.6 Å². The SMILES string of the molecule is CC(Nc1ccc(Oc2ccccc2C#N)cc1)C(=O)NC(=O)NC1CCCCC1. The highest BCUT2D eigenvalue weighted by molar-refractivity contribution is 5.98. The van der Waals surface area contributed by atoms with E-state index in [1.54, 1.807) is 55.5 Å². The number of carbonyl (C=O) groups is 2. The molecule has 3 amide bonds. The zero-order valence-electron chi connectivity index (χ0n) is 17.0. The summed E-state index contributed by atoms with van der Waals surface area (Å²) in [6.07, 6.45) is 5.34. The van der Waals surface area contributed by atoms with Gasteiger partial charge in [0.05, 0.1) is 5.56 Å². The van der Waals surface area contributed by atoms with Gasteiger partial charge in [0.15, 0.2) is 0 Å². The minimum Gasteiger partial charge on any atom is -0.456 e. The Balaban J connectivity index is 1.50. The van der Waals surface area contributed by atoms with Crippen molar-refractivity contribution in [3.63, 3.8) is 0 Å². The summed E-state index contributed by atoms with van der Waals surface area (Å²) in [5.74, 6) is 0.663. The van der Waals surface area contributed by atoms with E-state index in [9.17, 15) is 9.59 Å². The molecule has 0 heterocycles. The lowest BCUT2D eigenvalue weighted by molar-refractivity contribution is -0.120. The fraction of sp³-hybridized carbons (Fsp3) is 0.348. The van der Waals surface area contributed by atoms with E-state index < -0.39 is 18.0 Å². The van der Waals surface area contributed by atoms with Crippen LogP contribution in [-0.2, 0) is 4.79 Å². The summed E-state index contributed by atoms with van der Waals surface area (Å²) in [4.78, 5) is 24.3. The maximum Gasteiger partial charge on any atom is 0.321 e. The van der Waals surface area contributed by atoms with E-state index in [4.69, 9.17) is 10.00 Å². The molecule has 0 aromatic heterocycles. The van der Waals surface area contributed by atoms with Crippen molar-refractivity contribution in [2.45, 2.75) is 51.1 Å². The summed E-state index contributed by atoms with van der Waals surface area (Å²) in [6, 6.07) is 15.2. The van der Waals surface area contributed by atoms with E-state index in [1.165, 1.54) is 6.42 Å². The van der Waals surface area contributed by atoms with Crippen LogP contribution in [0.3, 0.4) is 0 Å². The van der Waals surface area contributed by atoms with Gasteiger partial charge in [-0.1, -0.05) is 31.4 Å². The first-order valence-corrected chi connectivity index (χ1v) is 10.2. The fourth-order valence-corrected chi connectivity index (χ4v) is 3.40. The highest BCUT2D eigenvalue weighted by Crippen LogP contribution is 2.26. The van der Waals surface area contributed by atoms with Crippen molar-refractivity contribution in [2.24, 2.45) is 0 Å². The van der Waals surface area contributed by atoms with E-state index in [-0.39, 0.29) is 6.04 Å². The lowest BCUT2D eigenvalue weighted by Gasteiger charge is -2.23. The topological polar surface area (TPSA) is 103 Å². The lowest BCUT2D eigenvalue weighted by atomic mass is 9.96. The van der Waals surface area contributed by atoms with Crippen molar-refractivity contribution in [1.82, 2.24) is 10.6 Å². The molecule has 0 saturated heterocycles. The minimum atomic E-state index is -0.590. The molecule has 0 aliphatic heterocycles. The van der Waals surface area contributed by atoms with Crippen LogP contribution in [0.4, 0.5) is 10.5 Å². The number of hydrogen-bond acceptors (Lipinski definition) is 5. The van der Waals surface area contributed by atoms with Crippen LogP contribution in [0.2, 0.25) is 0 Å². The Hall–Kier alpha value is -3.53. The number of imide groups is 1. The molecular formula is C23H26N4O3. The van der Waals surface area contributed by atoms with Gasteiger partial charge in [-0.15, -0.1) is 0 Å². The van der Waals surface area contributed by atoms with E-state index >= 15 is 0 Å². The summed E-state index contributed by atoms with van der Waals surface area (Å²) >= 11 is 0. The van der Waals surface area contributed by atoms with Crippen LogP contribution in [0.1, 0.15) is 44.6 Å². The molecule has 0 radical (unpaired) electrons. The summed E-state index contributed by atoms with van der Waals surface area (Å²) in [5, 5.41) is 17.5. The number of nitriles is 1. The second kappa shape index (κ2) is 10.3. The smallest absolute Gasteiger partial charge is 0.321 e. The number of carbonyl (C=O) groups excluding carboxylic acids is 2. The Labute approximate surface area is 176 Å². The van der Waals surface area contributed by atoms with Gasteiger partial charge in [0.25, 0.3) is 0 Å². The van der Waals surface area contributed by atoms with Gasteiger partial charge < -0.3 is 15.4 Å². The van der Waals surface area contributed by atoms with Gasteiger partial charge in [-0.05, 0) is 56.2 Å². The van der Waals surface area contributed by atoms with Gasteiger partial charge in [-0.3, -0.25) is 10.1 Å². The molecule has 1 fully saturated rings. The highest BCUT2D eigenvalue weighted by atomic mass is 16.5. The van der Waals surface area contributed by atoms with Gasteiger partial charge in [-0.2, -0.15) is 5.26 Å². The number of anilines is 1. The van der Waals surface area contributed by atoms with Crippen LogP contribution in [0.5, 0.6) is 11.5 Å². The molecule has 7 nitrogen and oxygen atoms in total. The molecule has 3 rings (SSSR count). The second-order valence-electron chi connectivity index (χ2n) is 7.40. The molecule has 0 bridgehead atoms. The number of benzene rings is 2. The lowest BCUT2D eigenvalue weighted by Crippen LogP contribution is -2.49. The molecule has 156 valence electrons. The Morgan fingerprint density at radius 2 is 1.77 bits per heavy atom. The van der Waals surface area contributed by atoms with Crippen LogP contribution in [0.15, 0.2) is 48.5 Å². The zero-order valence-corrected chi connectivity index (χ0v) is 17.0. The molecule has 1 saturated carbocycles. The number of amides is 3. The first-order valence-electron chi connectivity index (χ1n) is 10.2. The Morgan fingerprint density at radius 1 is 1.07 bits per heavy atom. The van der Waals surface area contributed by atoms with Gasteiger partial charge in [0.2, 0.25) is 5.91 Å². The van der Waals surface area contributed by atoms with Crippen molar-refractivity contribution >= 4 is 17.6 Å². The van der Waals surface area contributed by atoms with E-state index in [0.29, 0.717) is 22.7 Å². The van der Waals surface area contributed by atoms with Gasteiger partial charge >= 0.3 is 6.03 Å². The van der Waals surface area contributed by atoms with Crippen molar-refractivity contribution in [2.75, 3.05) is 5.32 Å². The first kappa shape index (κ1) is 21.2. The van der Waals surface area contributed by atoms with Crippen LogP contribution in [-0.4, -0.2) is 24.0 Å². The average Bonchev–Trinajstić information content (AvgIpc) is 2.76. The second-order valence-corrected chi connectivity index (χ2v) is 7.40. The number of urea groups is 1. The highest BCUT2D eigenvalue weighted by Gasteiger charge is 2.19. The molecule has 1 atom stereocenters. The van der Waals surface area contributed by atoms with Crippen molar-refractivity contribution in [1.29, 1.82) is 5.26 Å². The molecule has 2 aromatic carbocycles. The number of rotatable bonds is 6. The van der Waals surface area contributed by atoms with Crippen molar-refractivity contribution in [3.8, 4) is 17.6 Å². The largest absolute Gasteiger partial charge is 0.456 e. The predicted molar refractivity (Wildman–Crippen MR) is 114 cm³/mol. The minimum absolute atomic E-state index is 0.147. The first-order chi connectivity index (χ1) is 14.5. The molecule has 1 aliphatic carbocycles. The molecule has 30 heavy (non-hydrogen) atoms. The molecule has 2 aromatic rings. The zero-order chi connectivity index (χ0) is 21.3. The van der Waals surface area contributed by atoms with Gasteiger partial charge in [-0.25, -0.2) is 4.79 Å². The third kappa shape index (κ3) is 5.98. The quantitative estimate of drug-likeness (QED) is 0.663. The van der Waals surface area contributed by atoms with Gasteiger partial charge in [0, 0.05) is 11.7 Å². The predicted octanol–water partition coefficient (Wildman–Crippen LogP) is 4.31. The Bertz CT molecular complexity index is 915. The molecular weight excluding hydrogens is 380 g/mol. The van der Waals surface area contributed by atoms with Crippen LogP contribution in [0.25, 0.3) is 0 Å². The number of nitrogens with zero attached hydrogens (tertiary/aromatic N) is 1. The van der Waals surface area contributed by atoms with E-state index in [1.807, 2.05) is 0 Å². The molecule has 7 heteroatoms. The summed E-state index contributed by atoms with van der Waals surface area (Å²) in [6.45, 7) is 1.69. The molecule has 1 aliphatic rings. The van der Waals surface area contributed by atoms with E-state index in [0.717, 1.165) is 25.7 Å². The number of hydrogen-bond donors (Lipinski definition) is 3. The van der Waals surface area contributed by atoms with Crippen molar-refractivity contribution in [3.05, 3.63) is 54.1 Å². The number of para-hydroxylation sites is 1. The molecule has 3 N–H and O–H groups in total. The fourth-order valence-electron chi connectivity index (χ4n) is 3.40. The molecule has 0 spiro atoms. The maximum atomic E-state index is 12.3. The van der Waals surface area contributed by atoms with Crippen LogP contribution in [0, 0.1) is 11.3 Å². The normalized spacial score (nSPS) is 14.8. The summed E-state index contributed by atoms with van der Waals surface area (Å²) in [7, 11) is 0. The average molecular weight is 406 g/mol. The number of ether oxygens (including phenoxy) is 1. The maximum absolute atomic E-state index is 12.3. The standard InChI is InChI=1S/C23H26N4O3/c1-16(22(28)27-23(29)26-18-8-3-2-4-9-18)25-19-11-13-20(14-12-19)30-21-10-6-5-7-17(21)15-24/h5-7,10-14,16,18,25H,2-4,8-9H2,1H3,(H2,26,27,28,29). The monoisotopic (exact) mass is 406 g/mol. The molecule has 1 unspecified atom stereocenters. The van der Waals surface area contributed by atoms with Crippen LogP contribution >= 0.6 is 0 Å². The third-order valence-corrected chi connectivity index (χ3v) is 5.04. The summed E-state index contributed by atoms with van der Waals surface area (Å²) < 4.78 is 5.75. The van der Waals surface area contributed by atoms with E-state index in [2.05, 4.69) is 22.0 Å². The van der Waals surface area contributed by atoms with Crippen molar-refractivity contribution < 1.29 is 14.3 Å². The Kier molecular flexibility index (Phi) is 7.28.